The van der Waals surface area contributed by atoms with Crippen molar-refractivity contribution in [1.29, 1.82) is 0 Å². The fourth-order valence-electron chi connectivity index (χ4n) is 3.60. The average molecular weight is 485 g/mol. The number of hydrogen-bond donors (Lipinski definition) is 1. The molecule has 0 fully saturated rings. The van der Waals surface area contributed by atoms with Crippen molar-refractivity contribution in [3.05, 3.63) is 95.0 Å². The molecule has 1 N–H and O–H groups in total. The maximum atomic E-state index is 13.6. The second kappa shape index (κ2) is 10.9. The summed E-state index contributed by atoms with van der Waals surface area (Å²) in [6.45, 7) is 5.66. The molecule has 1 atom stereocenters. The molecule has 0 radical (unpaired) electrons. The summed E-state index contributed by atoms with van der Waals surface area (Å²) in [7, 11) is -4.02. The zero-order chi connectivity index (χ0) is 24.0. The number of aryl methyl sites for hydroxylation is 1. The Morgan fingerprint density at radius 3 is 2.15 bits per heavy atom. The van der Waals surface area contributed by atoms with E-state index in [4.69, 9.17) is 11.6 Å². The average Bonchev–Trinajstić information content (AvgIpc) is 2.78. The summed E-state index contributed by atoms with van der Waals surface area (Å²) < 4.78 is 28.2. The number of carbonyl (C=O) groups is 1. The Hall–Kier alpha value is -2.83. The molecule has 174 valence electrons. The van der Waals surface area contributed by atoms with Crippen molar-refractivity contribution >= 4 is 33.2 Å². The van der Waals surface area contributed by atoms with Gasteiger partial charge >= 0.3 is 0 Å². The van der Waals surface area contributed by atoms with E-state index in [2.05, 4.69) is 19.2 Å². The highest BCUT2D eigenvalue weighted by molar-refractivity contribution is 7.92. The van der Waals surface area contributed by atoms with Crippen LogP contribution in [0, 0.1) is 12.8 Å². The number of nitrogens with one attached hydrogen (secondary N) is 1. The molecule has 0 aliphatic carbocycles. The molecular formula is C26H29ClN2O3S. The minimum Gasteiger partial charge on any atom is -0.348 e. The lowest BCUT2D eigenvalue weighted by atomic mass is 9.97. The first-order valence-electron chi connectivity index (χ1n) is 10.9. The van der Waals surface area contributed by atoms with E-state index in [-0.39, 0.29) is 28.2 Å². The van der Waals surface area contributed by atoms with Crippen LogP contribution >= 0.6 is 11.6 Å². The third kappa shape index (κ3) is 6.36. The Labute approximate surface area is 201 Å². The van der Waals surface area contributed by atoms with Gasteiger partial charge in [-0.3, -0.25) is 9.10 Å². The van der Waals surface area contributed by atoms with Gasteiger partial charge in [-0.1, -0.05) is 85.6 Å². The molecule has 0 bridgehead atoms. The molecule has 7 heteroatoms. The molecular weight excluding hydrogens is 456 g/mol. The molecule has 0 saturated heterocycles. The van der Waals surface area contributed by atoms with Crippen molar-refractivity contribution in [3.8, 4) is 0 Å². The zero-order valence-corrected chi connectivity index (χ0v) is 20.6. The molecule has 3 aromatic rings. The number of sulfonamides is 1. The molecule has 0 aliphatic heterocycles. The highest BCUT2D eigenvalue weighted by atomic mass is 35.5. The van der Waals surface area contributed by atoms with Crippen LogP contribution in [0.2, 0.25) is 5.02 Å². The van der Waals surface area contributed by atoms with Gasteiger partial charge in [-0.15, -0.1) is 0 Å². The first kappa shape index (κ1) is 24.8. The summed E-state index contributed by atoms with van der Waals surface area (Å²) >= 11 is 6.35. The van der Waals surface area contributed by atoms with Crippen molar-refractivity contribution in [3.63, 3.8) is 0 Å². The van der Waals surface area contributed by atoms with Gasteiger partial charge in [0.1, 0.15) is 6.54 Å². The van der Waals surface area contributed by atoms with E-state index >= 15 is 0 Å². The highest BCUT2D eigenvalue weighted by Crippen LogP contribution is 2.30. The third-order valence-corrected chi connectivity index (χ3v) is 7.36. The lowest BCUT2D eigenvalue weighted by molar-refractivity contribution is -0.120. The third-order valence-electron chi connectivity index (χ3n) is 5.26. The van der Waals surface area contributed by atoms with E-state index in [9.17, 15) is 13.2 Å². The molecule has 33 heavy (non-hydrogen) atoms. The van der Waals surface area contributed by atoms with Crippen molar-refractivity contribution in [2.24, 2.45) is 5.92 Å². The predicted octanol–water partition coefficient (Wildman–Crippen LogP) is 5.75. The monoisotopic (exact) mass is 484 g/mol. The van der Waals surface area contributed by atoms with Crippen LogP contribution in [0.4, 0.5) is 5.69 Å². The Balaban J connectivity index is 1.94. The number of rotatable bonds is 9. The largest absolute Gasteiger partial charge is 0.348 e. The van der Waals surface area contributed by atoms with E-state index in [1.54, 1.807) is 36.4 Å². The van der Waals surface area contributed by atoms with Gasteiger partial charge in [0.25, 0.3) is 10.0 Å². The first-order chi connectivity index (χ1) is 15.7. The maximum Gasteiger partial charge on any atom is 0.264 e. The summed E-state index contributed by atoms with van der Waals surface area (Å²) in [4.78, 5) is 13.3. The second-order valence-corrected chi connectivity index (χ2v) is 10.7. The van der Waals surface area contributed by atoms with Crippen LogP contribution < -0.4 is 9.62 Å². The van der Waals surface area contributed by atoms with Gasteiger partial charge in [-0.25, -0.2) is 8.42 Å². The molecule has 3 aromatic carbocycles. The number of nitrogens with zero attached hydrogens (tertiary/aromatic N) is 1. The topological polar surface area (TPSA) is 66.5 Å². The Morgan fingerprint density at radius 1 is 0.939 bits per heavy atom. The molecule has 1 amide bonds. The summed E-state index contributed by atoms with van der Waals surface area (Å²) in [5, 5.41) is 3.28. The van der Waals surface area contributed by atoms with Gasteiger partial charge in [-0.2, -0.15) is 0 Å². The predicted molar refractivity (Wildman–Crippen MR) is 134 cm³/mol. The van der Waals surface area contributed by atoms with Crippen LogP contribution in [0.3, 0.4) is 0 Å². The van der Waals surface area contributed by atoms with Gasteiger partial charge < -0.3 is 5.32 Å². The lowest BCUT2D eigenvalue weighted by Crippen LogP contribution is -2.42. The Bertz CT molecular complexity index is 1180. The van der Waals surface area contributed by atoms with Crippen LogP contribution in [0.25, 0.3) is 0 Å². The van der Waals surface area contributed by atoms with E-state index in [0.717, 1.165) is 21.9 Å². The molecule has 1 unspecified atom stereocenters. The number of anilines is 1. The normalized spacial score (nSPS) is 12.4. The molecule has 0 aliphatic rings. The van der Waals surface area contributed by atoms with Crippen LogP contribution in [0.15, 0.2) is 83.8 Å². The van der Waals surface area contributed by atoms with E-state index in [0.29, 0.717) is 5.92 Å². The molecule has 0 saturated carbocycles. The molecule has 0 spiro atoms. The van der Waals surface area contributed by atoms with Crippen molar-refractivity contribution in [2.75, 3.05) is 10.8 Å². The minimum atomic E-state index is -4.02. The van der Waals surface area contributed by atoms with Crippen molar-refractivity contribution in [2.45, 2.75) is 38.1 Å². The Kier molecular flexibility index (Phi) is 8.16. The fourth-order valence-corrected chi connectivity index (χ4v) is 5.32. The van der Waals surface area contributed by atoms with Gasteiger partial charge in [0, 0.05) is 0 Å². The number of para-hydroxylation sites is 1. The maximum absolute atomic E-state index is 13.6. The first-order valence-corrected chi connectivity index (χ1v) is 12.7. The molecule has 0 heterocycles. The van der Waals surface area contributed by atoms with Gasteiger partial charge in [0.15, 0.2) is 0 Å². The lowest BCUT2D eigenvalue weighted by Gasteiger charge is -2.27. The van der Waals surface area contributed by atoms with Crippen LogP contribution in [0.1, 0.15) is 37.4 Å². The fraction of sp³-hybridized carbons (Fsp3) is 0.269. The standard InChI is InChI=1S/C26H29ClN2O3S/c1-19(2)17-24(21-9-5-4-6-10-21)28-26(30)18-29(25-12-8-7-11-23(25)27)33(31,32)22-15-13-20(3)14-16-22/h4-16,19,24H,17-18H2,1-3H3,(H,28,30). The summed E-state index contributed by atoms with van der Waals surface area (Å²) in [6, 6.07) is 22.6. The minimum absolute atomic E-state index is 0.0996. The van der Waals surface area contributed by atoms with E-state index < -0.39 is 15.9 Å². The van der Waals surface area contributed by atoms with Crippen molar-refractivity contribution in [1.82, 2.24) is 5.32 Å². The van der Waals surface area contributed by atoms with E-state index in [1.165, 1.54) is 12.1 Å². The zero-order valence-electron chi connectivity index (χ0n) is 19.0. The highest BCUT2D eigenvalue weighted by Gasteiger charge is 2.29. The Morgan fingerprint density at radius 2 is 1.55 bits per heavy atom. The van der Waals surface area contributed by atoms with Gasteiger partial charge in [-0.05, 0) is 49.1 Å². The smallest absolute Gasteiger partial charge is 0.264 e. The quantitative estimate of drug-likeness (QED) is 0.420. The molecule has 0 aromatic heterocycles. The molecule has 5 nitrogen and oxygen atoms in total. The van der Waals surface area contributed by atoms with Crippen LogP contribution in [0.5, 0.6) is 0 Å². The van der Waals surface area contributed by atoms with Gasteiger partial charge in [0.2, 0.25) is 5.91 Å². The van der Waals surface area contributed by atoms with E-state index in [1.807, 2.05) is 37.3 Å². The summed E-state index contributed by atoms with van der Waals surface area (Å²) in [6.07, 6.45) is 0.729. The SMILES string of the molecule is Cc1ccc(S(=O)(=O)N(CC(=O)NC(CC(C)C)c2ccccc2)c2ccccc2Cl)cc1. The number of hydrogen-bond acceptors (Lipinski definition) is 3. The van der Waals surface area contributed by atoms with Crippen molar-refractivity contribution < 1.29 is 13.2 Å². The number of benzene rings is 3. The number of carbonyl (C=O) groups excluding carboxylic acids is 1. The number of halogens is 1. The number of amides is 1. The molecule has 3 rings (SSSR count). The second-order valence-electron chi connectivity index (χ2n) is 8.44. The van der Waals surface area contributed by atoms with Crippen LogP contribution in [-0.4, -0.2) is 20.9 Å². The van der Waals surface area contributed by atoms with Gasteiger partial charge in [0.05, 0.1) is 21.6 Å². The summed E-state index contributed by atoms with van der Waals surface area (Å²) in [5.74, 6) is -0.0634. The summed E-state index contributed by atoms with van der Waals surface area (Å²) in [5.41, 5.74) is 2.18. The van der Waals surface area contributed by atoms with Crippen LogP contribution in [-0.2, 0) is 14.8 Å².